The average molecular weight is 285 g/mol. The number of aromatic nitrogens is 1. The van der Waals surface area contributed by atoms with Gasteiger partial charge in [-0.1, -0.05) is 0 Å². The number of anilines is 1. The minimum atomic E-state index is -1.48. The highest BCUT2D eigenvalue weighted by molar-refractivity contribution is 6.38. The zero-order valence-electron chi connectivity index (χ0n) is 11.4. The molecule has 1 aromatic heterocycles. The van der Waals surface area contributed by atoms with Crippen LogP contribution in [0.15, 0.2) is 24.4 Å². The third-order valence-corrected chi connectivity index (χ3v) is 3.41. The number of carboxylic acids is 1. The molecule has 6 heteroatoms. The van der Waals surface area contributed by atoms with Gasteiger partial charge in [-0.2, -0.15) is 5.26 Å². The highest BCUT2D eigenvalue weighted by Gasteiger charge is 2.19. The maximum absolute atomic E-state index is 10.9. The van der Waals surface area contributed by atoms with Crippen LogP contribution in [0.25, 0.3) is 6.08 Å². The molecule has 2 heterocycles. The lowest BCUT2D eigenvalue weighted by molar-refractivity contribution is -0.146. The molecule has 0 bridgehead atoms. The number of nitriles is 1. The van der Waals surface area contributed by atoms with Crippen molar-refractivity contribution in [2.24, 2.45) is 5.92 Å². The van der Waals surface area contributed by atoms with E-state index in [1.54, 1.807) is 12.3 Å². The van der Waals surface area contributed by atoms with Gasteiger partial charge in [0.1, 0.15) is 5.82 Å². The quantitative estimate of drug-likeness (QED) is 0.665. The maximum Gasteiger partial charge on any atom is 0.376 e. The number of hydrogen-bond acceptors (Lipinski definition) is 5. The molecule has 1 fully saturated rings. The van der Waals surface area contributed by atoms with Crippen molar-refractivity contribution in [3.05, 3.63) is 30.0 Å². The van der Waals surface area contributed by atoms with Gasteiger partial charge in [0.15, 0.2) is 0 Å². The molecule has 0 atom stereocenters. The number of pyridine rings is 1. The maximum atomic E-state index is 10.9. The van der Waals surface area contributed by atoms with Gasteiger partial charge in [0.2, 0.25) is 0 Å². The van der Waals surface area contributed by atoms with Crippen molar-refractivity contribution < 1.29 is 14.7 Å². The number of nitrogens with zero attached hydrogens (tertiary/aromatic N) is 3. The summed E-state index contributed by atoms with van der Waals surface area (Å²) >= 11 is 0. The molecule has 2 rings (SSSR count). The van der Waals surface area contributed by atoms with Crippen molar-refractivity contribution >= 4 is 23.6 Å². The smallest absolute Gasteiger partial charge is 0.376 e. The molecule has 0 aromatic carbocycles. The molecule has 1 aromatic rings. The second-order valence-electron chi connectivity index (χ2n) is 4.84. The lowest BCUT2D eigenvalue weighted by atomic mass is 9.99. The molecule has 0 spiro atoms. The van der Waals surface area contributed by atoms with Gasteiger partial charge < -0.3 is 10.0 Å². The fourth-order valence-electron chi connectivity index (χ4n) is 2.16. The summed E-state index contributed by atoms with van der Waals surface area (Å²) in [6.07, 6.45) is 5.71. The molecule has 1 aliphatic heterocycles. The Morgan fingerprint density at radius 1 is 1.38 bits per heavy atom. The van der Waals surface area contributed by atoms with Gasteiger partial charge in [0.25, 0.3) is 5.78 Å². The van der Waals surface area contributed by atoms with Crippen molar-refractivity contribution in [1.29, 1.82) is 5.26 Å². The number of piperidine rings is 1. The Hall–Kier alpha value is -2.68. The number of aliphatic carboxylic acids is 1. The molecule has 6 nitrogen and oxygen atoms in total. The number of carboxylic acid groups (broad SMARTS) is 1. The lowest BCUT2D eigenvalue weighted by Crippen LogP contribution is -2.33. The van der Waals surface area contributed by atoms with Crippen LogP contribution < -0.4 is 4.90 Å². The first-order valence-corrected chi connectivity index (χ1v) is 6.66. The van der Waals surface area contributed by atoms with Gasteiger partial charge in [-0.15, -0.1) is 0 Å². The standard InChI is InChI=1S/C15H15N3O3/c16-9-11-5-7-18(8-6-11)14-4-2-12(10-17-14)1-3-13(19)15(20)21/h1-4,10-11H,5-8H2,(H,20,21)/b3-1+. The van der Waals surface area contributed by atoms with E-state index in [1.165, 1.54) is 6.08 Å². The van der Waals surface area contributed by atoms with E-state index in [2.05, 4.69) is 16.0 Å². The summed E-state index contributed by atoms with van der Waals surface area (Å²) in [7, 11) is 0. The second-order valence-corrected chi connectivity index (χ2v) is 4.84. The summed E-state index contributed by atoms with van der Waals surface area (Å²) in [5, 5.41) is 17.3. The van der Waals surface area contributed by atoms with Crippen LogP contribution in [0.1, 0.15) is 18.4 Å². The number of carbonyl (C=O) groups is 2. The van der Waals surface area contributed by atoms with Gasteiger partial charge in [-0.25, -0.2) is 9.78 Å². The van der Waals surface area contributed by atoms with Gasteiger partial charge in [-0.3, -0.25) is 4.79 Å². The first-order chi connectivity index (χ1) is 10.1. The summed E-state index contributed by atoms with van der Waals surface area (Å²) in [6.45, 7) is 1.61. The van der Waals surface area contributed by atoms with Crippen LogP contribution in [0.5, 0.6) is 0 Å². The first kappa shape index (κ1) is 14.7. The van der Waals surface area contributed by atoms with Crippen molar-refractivity contribution in [2.45, 2.75) is 12.8 Å². The SMILES string of the molecule is N#CC1CCN(c2ccc(/C=C/C(=O)C(=O)O)cn2)CC1. The van der Waals surface area contributed by atoms with Crippen LogP contribution in [0, 0.1) is 17.2 Å². The van der Waals surface area contributed by atoms with Crippen LogP contribution in [-0.2, 0) is 9.59 Å². The van der Waals surface area contributed by atoms with E-state index in [9.17, 15) is 9.59 Å². The third kappa shape index (κ3) is 3.89. The van der Waals surface area contributed by atoms with Crippen LogP contribution in [0.4, 0.5) is 5.82 Å². The number of rotatable bonds is 4. The van der Waals surface area contributed by atoms with Crippen molar-refractivity contribution in [1.82, 2.24) is 4.98 Å². The molecule has 0 aliphatic carbocycles. The van der Waals surface area contributed by atoms with E-state index in [4.69, 9.17) is 10.4 Å². The second kappa shape index (κ2) is 6.66. The van der Waals surface area contributed by atoms with Crippen molar-refractivity contribution in [3.8, 4) is 6.07 Å². The Morgan fingerprint density at radius 2 is 2.10 bits per heavy atom. The Morgan fingerprint density at radius 3 is 2.62 bits per heavy atom. The van der Waals surface area contributed by atoms with E-state index < -0.39 is 11.8 Å². The van der Waals surface area contributed by atoms with E-state index in [1.807, 2.05) is 6.07 Å². The predicted octanol–water partition coefficient (Wildman–Crippen LogP) is 1.49. The average Bonchev–Trinajstić information content (AvgIpc) is 2.53. The summed E-state index contributed by atoms with van der Waals surface area (Å²) in [5.74, 6) is -1.48. The van der Waals surface area contributed by atoms with Gasteiger partial charge in [0.05, 0.1) is 6.07 Å². The topological polar surface area (TPSA) is 94.3 Å². The molecule has 0 amide bonds. The predicted molar refractivity (Wildman–Crippen MR) is 76.5 cm³/mol. The van der Waals surface area contributed by atoms with Crippen molar-refractivity contribution in [3.63, 3.8) is 0 Å². The number of carbonyl (C=O) groups excluding carboxylic acids is 1. The van der Waals surface area contributed by atoms with E-state index in [-0.39, 0.29) is 5.92 Å². The summed E-state index contributed by atoms with van der Waals surface area (Å²) in [5.41, 5.74) is 0.667. The van der Waals surface area contributed by atoms with Crippen molar-refractivity contribution in [2.75, 3.05) is 18.0 Å². The van der Waals surface area contributed by atoms with Crippen LogP contribution in [0.3, 0.4) is 0 Å². The largest absolute Gasteiger partial charge is 0.475 e. The Labute approximate surface area is 122 Å². The molecule has 0 radical (unpaired) electrons. The third-order valence-electron chi connectivity index (χ3n) is 3.41. The molecule has 1 aliphatic rings. The van der Waals surface area contributed by atoms with Crippen LogP contribution in [-0.4, -0.2) is 34.9 Å². The minimum Gasteiger partial charge on any atom is -0.475 e. The van der Waals surface area contributed by atoms with Gasteiger partial charge in [0, 0.05) is 25.2 Å². The normalized spacial score (nSPS) is 15.9. The van der Waals surface area contributed by atoms with E-state index in [0.717, 1.165) is 37.8 Å². The highest BCUT2D eigenvalue weighted by atomic mass is 16.4. The van der Waals surface area contributed by atoms with Gasteiger partial charge in [-0.05, 0) is 42.7 Å². The van der Waals surface area contributed by atoms with Crippen LogP contribution >= 0.6 is 0 Å². The Bertz CT molecular complexity index is 594. The zero-order chi connectivity index (χ0) is 15.2. The zero-order valence-corrected chi connectivity index (χ0v) is 11.4. The fraction of sp³-hybridized carbons (Fsp3) is 0.333. The molecule has 1 N–H and O–H groups in total. The first-order valence-electron chi connectivity index (χ1n) is 6.66. The lowest BCUT2D eigenvalue weighted by Gasteiger charge is -2.30. The fourth-order valence-corrected chi connectivity index (χ4v) is 2.16. The van der Waals surface area contributed by atoms with Crippen LogP contribution in [0.2, 0.25) is 0 Å². The molecule has 0 saturated carbocycles. The van der Waals surface area contributed by atoms with Gasteiger partial charge >= 0.3 is 5.97 Å². The monoisotopic (exact) mass is 285 g/mol. The number of ketones is 1. The molecular weight excluding hydrogens is 270 g/mol. The Kier molecular flexibility index (Phi) is 4.67. The molecular formula is C15H15N3O3. The van der Waals surface area contributed by atoms with E-state index in [0.29, 0.717) is 5.56 Å². The number of hydrogen-bond donors (Lipinski definition) is 1. The summed E-state index contributed by atoms with van der Waals surface area (Å²) in [6, 6.07) is 5.90. The molecule has 0 unspecified atom stereocenters. The summed E-state index contributed by atoms with van der Waals surface area (Å²) < 4.78 is 0. The molecule has 1 saturated heterocycles. The minimum absolute atomic E-state index is 0.130. The Balaban J connectivity index is 1.98. The highest BCUT2D eigenvalue weighted by Crippen LogP contribution is 2.21. The summed E-state index contributed by atoms with van der Waals surface area (Å²) in [4.78, 5) is 27.8. The molecule has 21 heavy (non-hydrogen) atoms. The molecule has 108 valence electrons. The van der Waals surface area contributed by atoms with E-state index >= 15 is 0 Å².